The predicted octanol–water partition coefficient (Wildman–Crippen LogP) is 5.28. The molecule has 0 N–H and O–H groups in total. The summed E-state index contributed by atoms with van der Waals surface area (Å²) in [6.45, 7) is 2.22. The summed E-state index contributed by atoms with van der Waals surface area (Å²) >= 11 is 0. The molecule has 146 valence electrons. The molecule has 1 unspecified atom stereocenters. The molecule has 0 saturated heterocycles. The molecule has 3 heteroatoms. The van der Waals surface area contributed by atoms with Crippen LogP contribution in [0.5, 0.6) is 0 Å². The normalized spacial score (nSPS) is 19.9. The lowest BCUT2D eigenvalue weighted by Crippen LogP contribution is -2.18. The minimum atomic E-state index is 0.187. The largest absolute Gasteiger partial charge is 0.378 e. The lowest BCUT2D eigenvalue weighted by molar-refractivity contribution is -0.113. The fourth-order valence-electron chi connectivity index (χ4n) is 3.60. The molecule has 0 heterocycles. The summed E-state index contributed by atoms with van der Waals surface area (Å²) in [5, 5.41) is 0. The van der Waals surface area contributed by atoms with Crippen molar-refractivity contribution in [3.8, 4) is 0 Å². The second-order valence-electron chi connectivity index (χ2n) is 8.15. The molecule has 1 aliphatic rings. The van der Waals surface area contributed by atoms with E-state index in [1.54, 1.807) is 0 Å². The van der Waals surface area contributed by atoms with Crippen LogP contribution in [0.4, 0.5) is 11.4 Å². The molecule has 0 radical (unpaired) electrons. The number of allylic oxidation sites excluding steroid dienone is 2. The van der Waals surface area contributed by atoms with Crippen molar-refractivity contribution < 1.29 is 4.79 Å². The number of ketones is 1. The van der Waals surface area contributed by atoms with Crippen LogP contribution in [0, 0.1) is 5.92 Å². The first kappa shape index (κ1) is 19.9. The third kappa shape index (κ3) is 4.72. The number of anilines is 2. The molecule has 28 heavy (non-hydrogen) atoms. The van der Waals surface area contributed by atoms with E-state index in [-0.39, 0.29) is 5.78 Å². The van der Waals surface area contributed by atoms with E-state index in [0.717, 1.165) is 46.5 Å². The number of Topliss-reactive ketones (excluding diaryl/α,β-unsaturated/α-hetero) is 1. The summed E-state index contributed by atoms with van der Waals surface area (Å²) in [7, 11) is 8.12. The first-order chi connectivity index (χ1) is 13.3. The lowest BCUT2D eigenvalue weighted by Gasteiger charge is -2.23. The third-order valence-corrected chi connectivity index (χ3v) is 5.22. The molecule has 0 aliphatic heterocycles. The van der Waals surface area contributed by atoms with E-state index >= 15 is 0 Å². The zero-order valence-corrected chi connectivity index (χ0v) is 17.6. The number of carbonyl (C=O) groups is 1. The number of nitrogens with zero attached hydrogens (tertiary/aromatic N) is 2. The summed E-state index contributed by atoms with van der Waals surface area (Å²) in [6, 6.07) is 16.7. The maximum absolute atomic E-state index is 13.1. The Morgan fingerprint density at radius 2 is 1.07 bits per heavy atom. The van der Waals surface area contributed by atoms with Gasteiger partial charge in [0, 0.05) is 50.7 Å². The van der Waals surface area contributed by atoms with Gasteiger partial charge in [-0.1, -0.05) is 31.2 Å². The van der Waals surface area contributed by atoms with Crippen LogP contribution in [0.3, 0.4) is 0 Å². The fourth-order valence-corrected chi connectivity index (χ4v) is 3.60. The van der Waals surface area contributed by atoms with Gasteiger partial charge in [-0.15, -0.1) is 0 Å². The summed E-state index contributed by atoms with van der Waals surface area (Å²) in [5.74, 6) is 0.656. The van der Waals surface area contributed by atoms with Crippen molar-refractivity contribution in [1.29, 1.82) is 0 Å². The monoisotopic (exact) mass is 374 g/mol. The molecule has 1 atom stereocenters. The molecule has 0 bridgehead atoms. The molecule has 3 nitrogen and oxygen atoms in total. The van der Waals surface area contributed by atoms with Crippen LogP contribution in [0.25, 0.3) is 12.2 Å². The molecule has 3 rings (SSSR count). The van der Waals surface area contributed by atoms with Gasteiger partial charge in [0.05, 0.1) is 0 Å². The fraction of sp³-hybridized carbons (Fsp3) is 0.320. The minimum absolute atomic E-state index is 0.187. The standard InChI is InChI=1S/C25H30N2O/c1-18-14-21(16-19-6-10-23(11-7-19)26(2)3)25(28)22(15-18)17-20-8-12-24(13-9-20)27(4)5/h6-13,16-18H,14-15H2,1-5H3/b21-16-,22-17+. The van der Waals surface area contributed by atoms with Crippen LogP contribution in [0.2, 0.25) is 0 Å². The van der Waals surface area contributed by atoms with Gasteiger partial charge in [0.15, 0.2) is 5.78 Å². The number of benzene rings is 2. The van der Waals surface area contributed by atoms with Crippen molar-refractivity contribution >= 4 is 29.3 Å². The van der Waals surface area contributed by atoms with Gasteiger partial charge in [-0.2, -0.15) is 0 Å². The summed E-state index contributed by atoms with van der Waals surface area (Å²) in [5.41, 5.74) is 6.30. The second kappa shape index (κ2) is 8.47. The van der Waals surface area contributed by atoms with Crippen LogP contribution in [-0.4, -0.2) is 34.0 Å². The molecular formula is C25H30N2O. The van der Waals surface area contributed by atoms with Gasteiger partial charge in [-0.3, -0.25) is 4.79 Å². The second-order valence-corrected chi connectivity index (χ2v) is 8.15. The Balaban J connectivity index is 1.85. The van der Waals surface area contributed by atoms with Crippen molar-refractivity contribution in [2.75, 3.05) is 38.0 Å². The smallest absolute Gasteiger partial charge is 0.185 e. The van der Waals surface area contributed by atoms with Gasteiger partial charge in [-0.05, 0) is 66.3 Å². The summed E-state index contributed by atoms with van der Waals surface area (Å²) in [6.07, 6.45) is 5.79. The number of hydrogen-bond acceptors (Lipinski definition) is 3. The average Bonchev–Trinajstić information content (AvgIpc) is 2.66. The van der Waals surface area contributed by atoms with E-state index in [1.807, 2.05) is 28.2 Å². The van der Waals surface area contributed by atoms with Crippen molar-refractivity contribution in [2.45, 2.75) is 19.8 Å². The number of rotatable bonds is 4. The van der Waals surface area contributed by atoms with Gasteiger partial charge < -0.3 is 9.80 Å². The van der Waals surface area contributed by atoms with Gasteiger partial charge in [0.2, 0.25) is 0 Å². The molecule has 1 aliphatic carbocycles. The first-order valence-corrected chi connectivity index (χ1v) is 9.84. The van der Waals surface area contributed by atoms with Crippen LogP contribution in [-0.2, 0) is 4.79 Å². The van der Waals surface area contributed by atoms with E-state index < -0.39 is 0 Å². The highest BCUT2D eigenvalue weighted by molar-refractivity contribution is 6.14. The molecule has 2 aromatic rings. The van der Waals surface area contributed by atoms with Crippen molar-refractivity contribution in [3.05, 3.63) is 70.8 Å². The molecular weight excluding hydrogens is 344 g/mol. The van der Waals surface area contributed by atoms with Crippen LogP contribution >= 0.6 is 0 Å². The van der Waals surface area contributed by atoms with E-state index in [0.29, 0.717) is 5.92 Å². The average molecular weight is 375 g/mol. The van der Waals surface area contributed by atoms with E-state index in [1.165, 1.54) is 0 Å². The number of carbonyl (C=O) groups excluding carboxylic acids is 1. The molecule has 0 aromatic heterocycles. The topological polar surface area (TPSA) is 23.6 Å². The quantitative estimate of drug-likeness (QED) is 0.680. The highest BCUT2D eigenvalue weighted by Gasteiger charge is 2.25. The van der Waals surface area contributed by atoms with Gasteiger partial charge >= 0.3 is 0 Å². The predicted molar refractivity (Wildman–Crippen MR) is 121 cm³/mol. The van der Waals surface area contributed by atoms with E-state index in [9.17, 15) is 4.79 Å². The van der Waals surface area contributed by atoms with Gasteiger partial charge in [-0.25, -0.2) is 0 Å². The van der Waals surface area contributed by atoms with Crippen LogP contribution in [0.15, 0.2) is 59.7 Å². The number of hydrogen-bond donors (Lipinski definition) is 0. The van der Waals surface area contributed by atoms with E-state index in [2.05, 4.69) is 77.4 Å². The molecule has 0 amide bonds. The van der Waals surface area contributed by atoms with Gasteiger partial charge in [0.1, 0.15) is 0 Å². The highest BCUT2D eigenvalue weighted by Crippen LogP contribution is 2.32. The Labute approximate surface area is 169 Å². The first-order valence-electron chi connectivity index (χ1n) is 9.84. The Morgan fingerprint density at radius 3 is 1.39 bits per heavy atom. The lowest BCUT2D eigenvalue weighted by atomic mass is 9.81. The molecule has 1 fully saturated rings. The minimum Gasteiger partial charge on any atom is -0.378 e. The van der Waals surface area contributed by atoms with Crippen molar-refractivity contribution in [3.63, 3.8) is 0 Å². The SMILES string of the molecule is CC1C/C(=C/c2ccc(N(C)C)cc2)C(=O)/C(=C/c2ccc(N(C)C)cc2)C1. The molecule has 0 spiro atoms. The van der Waals surface area contributed by atoms with Crippen LogP contribution < -0.4 is 9.80 Å². The van der Waals surface area contributed by atoms with Crippen molar-refractivity contribution in [1.82, 2.24) is 0 Å². The summed E-state index contributed by atoms with van der Waals surface area (Å²) in [4.78, 5) is 17.2. The maximum Gasteiger partial charge on any atom is 0.185 e. The molecule has 1 saturated carbocycles. The third-order valence-electron chi connectivity index (χ3n) is 5.22. The Hall–Kier alpha value is -2.81. The van der Waals surface area contributed by atoms with Gasteiger partial charge in [0.25, 0.3) is 0 Å². The zero-order chi connectivity index (χ0) is 20.3. The van der Waals surface area contributed by atoms with Crippen molar-refractivity contribution in [2.24, 2.45) is 5.92 Å². The summed E-state index contributed by atoms with van der Waals surface area (Å²) < 4.78 is 0. The Bertz CT molecular complexity index is 814. The molecule has 2 aromatic carbocycles. The maximum atomic E-state index is 13.1. The van der Waals surface area contributed by atoms with E-state index in [4.69, 9.17) is 0 Å². The highest BCUT2D eigenvalue weighted by atomic mass is 16.1. The Morgan fingerprint density at radius 1 is 0.714 bits per heavy atom. The zero-order valence-electron chi connectivity index (χ0n) is 17.6. The van der Waals surface area contributed by atoms with Crippen LogP contribution in [0.1, 0.15) is 30.9 Å². The Kier molecular flexibility index (Phi) is 6.03.